The van der Waals surface area contributed by atoms with Gasteiger partial charge in [0.15, 0.2) is 0 Å². The number of hydrogen-bond acceptors (Lipinski definition) is 3. The van der Waals surface area contributed by atoms with Crippen molar-refractivity contribution < 1.29 is 23.4 Å². The first-order valence-corrected chi connectivity index (χ1v) is 5.15. The minimum atomic E-state index is -2.62. The molecule has 0 aliphatic carbocycles. The topological polar surface area (TPSA) is 49.8 Å². The number of aliphatic hydroxyl groups excluding tert-OH is 1. The van der Waals surface area contributed by atoms with E-state index in [4.69, 9.17) is 4.74 Å². The number of hydrogen-bond donors (Lipinski definition) is 1. The van der Waals surface area contributed by atoms with Crippen LogP contribution in [0.5, 0.6) is 0 Å². The van der Waals surface area contributed by atoms with E-state index in [0.717, 1.165) is 4.90 Å². The zero-order valence-corrected chi connectivity index (χ0v) is 9.61. The van der Waals surface area contributed by atoms with Crippen molar-refractivity contribution in [3.63, 3.8) is 0 Å². The molecule has 1 rings (SSSR count). The molecule has 0 bridgehead atoms. The van der Waals surface area contributed by atoms with Crippen LogP contribution in [0.15, 0.2) is 0 Å². The van der Waals surface area contributed by atoms with Crippen LogP contribution in [-0.4, -0.2) is 47.3 Å². The number of likely N-dealkylation sites (tertiary alicyclic amines) is 1. The Morgan fingerprint density at radius 2 is 2.00 bits per heavy atom. The van der Waals surface area contributed by atoms with Crippen LogP contribution < -0.4 is 0 Å². The van der Waals surface area contributed by atoms with Crippen LogP contribution in [0.1, 0.15) is 20.8 Å². The van der Waals surface area contributed by atoms with E-state index in [1.165, 1.54) is 0 Å². The molecule has 16 heavy (non-hydrogen) atoms. The summed E-state index contributed by atoms with van der Waals surface area (Å²) >= 11 is 0. The third kappa shape index (κ3) is 3.30. The van der Waals surface area contributed by atoms with Crippen molar-refractivity contribution in [3.05, 3.63) is 0 Å². The quantitative estimate of drug-likeness (QED) is 0.751. The Morgan fingerprint density at radius 3 is 2.38 bits per heavy atom. The van der Waals surface area contributed by atoms with Gasteiger partial charge in [0, 0.05) is 6.54 Å². The number of carbonyl (C=O) groups is 1. The van der Waals surface area contributed by atoms with E-state index in [0.29, 0.717) is 0 Å². The SMILES string of the molecule is CC(C)(C)OC(=O)N1C[C@H](C(F)F)[C@@H](O)C1. The fourth-order valence-corrected chi connectivity index (χ4v) is 1.54. The first-order chi connectivity index (χ1) is 7.20. The molecule has 1 fully saturated rings. The average molecular weight is 237 g/mol. The highest BCUT2D eigenvalue weighted by molar-refractivity contribution is 5.68. The Labute approximate surface area is 93.2 Å². The van der Waals surface area contributed by atoms with Gasteiger partial charge >= 0.3 is 6.09 Å². The first kappa shape index (κ1) is 13.2. The van der Waals surface area contributed by atoms with Crippen molar-refractivity contribution in [2.75, 3.05) is 13.1 Å². The van der Waals surface area contributed by atoms with Crippen molar-refractivity contribution in [1.82, 2.24) is 4.90 Å². The maximum atomic E-state index is 12.4. The van der Waals surface area contributed by atoms with E-state index in [9.17, 15) is 18.7 Å². The Hall–Kier alpha value is -0.910. The minimum Gasteiger partial charge on any atom is -0.444 e. The zero-order chi connectivity index (χ0) is 12.5. The lowest BCUT2D eigenvalue weighted by atomic mass is 10.1. The van der Waals surface area contributed by atoms with Crippen LogP contribution in [0.3, 0.4) is 0 Å². The van der Waals surface area contributed by atoms with Crippen LogP contribution in [0.4, 0.5) is 13.6 Å². The molecular weight excluding hydrogens is 220 g/mol. The van der Waals surface area contributed by atoms with Crippen molar-refractivity contribution in [2.45, 2.75) is 38.9 Å². The summed E-state index contributed by atoms with van der Waals surface area (Å²) in [6.45, 7) is 4.84. The second-order valence-corrected chi connectivity index (χ2v) is 4.95. The molecule has 1 aliphatic rings. The summed E-state index contributed by atoms with van der Waals surface area (Å²) in [5, 5.41) is 9.35. The lowest BCUT2D eigenvalue weighted by Crippen LogP contribution is -2.36. The second-order valence-electron chi connectivity index (χ2n) is 4.95. The maximum Gasteiger partial charge on any atom is 0.410 e. The third-order valence-electron chi connectivity index (χ3n) is 2.31. The fourth-order valence-electron chi connectivity index (χ4n) is 1.54. The Bertz CT molecular complexity index is 265. The summed E-state index contributed by atoms with van der Waals surface area (Å²) in [5.41, 5.74) is -0.662. The molecule has 1 aliphatic heterocycles. The standard InChI is InChI=1S/C10H17F2NO3/c1-10(2,3)16-9(15)13-4-6(8(11)12)7(14)5-13/h6-8,14H,4-5H2,1-3H3/t6-,7-/m0/s1. The number of nitrogens with zero attached hydrogens (tertiary/aromatic N) is 1. The molecule has 0 unspecified atom stereocenters. The largest absolute Gasteiger partial charge is 0.444 e. The van der Waals surface area contributed by atoms with Gasteiger partial charge in [0.25, 0.3) is 0 Å². The van der Waals surface area contributed by atoms with Gasteiger partial charge in [0.2, 0.25) is 6.43 Å². The van der Waals surface area contributed by atoms with Gasteiger partial charge < -0.3 is 14.7 Å². The summed E-state index contributed by atoms with van der Waals surface area (Å²) in [6.07, 6.45) is -4.45. The van der Waals surface area contributed by atoms with E-state index in [1.54, 1.807) is 20.8 Å². The molecule has 6 heteroatoms. The molecule has 0 aromatic rings. The van der Waals surface area contributed by atoms with Gasteiger partial charge in [-0.2, -0.15) is 0 Å². The van der Waals surface area contributed by atoms with E-state index in [1.807, 2.05) is 0 Å². The number of β-amino-alcohol motifs (C(OH)–C–C–N with tert-alkyl or cyclic N) is 1. The second kappa shape index (κ2) is 4.53. The zero-order valence-electron chi connectivity index (χ0n) is 9.61. The highest BCUT2D eigenvalue weighted by Crippen LogP contribution is 2.24. The number of aliphatic hydroxyl groups is 1. The van der Waals surface area contributed by atoms with Crippen LogP contribution in [0, 0.1) is 5.92 Å². The minimum absolute atomic E-state index is 0.0933. The van der Waals surface area contributed by atoms with Gasteiger partial charge in [-0.05, 0) is 20.8 Å². The Kier molecular flexibility index (Phi) is 3.72. The average Bonchev–Trinajstić information content (AvgIpc) is 2.44. The van der Waals surface area contributed by atoms with Crippen molar-refractivity contribution in [3.8, 4) is 0 Å². The Balaban J connectivity index is 2.55. The molecule has 94 valence electrons. The van der Waals surface area contributed by atoms with Crippen molar-refractivity contribution in [2.24, 2.45) is 5.92 Å². The highest BCUT2D eigenvalue weighted by atomic mass is 19.3. The van der Waals surface area contributed by atoms with Gasteiger partial charge in [-0.25, -0.2) is 13.6 Å². The fraction of sp³-hybridized carbons (Fsp3) is 0.900. The van der Waals surface area contributed by atoms with E-state index < -0.39 is 30.1 Å². The van der Waals surface area contributed by atoms with E-state index >= 15 is 0 Å². The lowest BCUT2D eigenvalue weighted by molar-refractivity contribution is 0.0194. The molecule has 4 nitrogen and oxygen atoms in total. The summed E-state index contributed by atoms with van der Waals surface area (Å²) in [5.74, 6) is -1.17. The monoisotopic (exact) mass is 237 g/mol. The molecule has 0 saturated carbocycles. The first-order valence-electron chi connectivity index (χ1n) is 5.15. The van der Waals surface area contributed by atoms with E-state index in [2.05, 4.69) is 0 Å². The smallest absolute Gasteiger partial charge is 0.410 e. The molecule has 0 aromatic heterocycles. The van der Waals surface area contributed by atoms with Crippen LogP contribution in [0.25, 0.3) is 0 Å². The molecule has 0 radical (unpaired) electrons. The molecule has 1 heterocycles. The lowest BCUT2D eigenvalue weighted by Gasteiger charge is -2.24. The summed E-state index contributed by atoms with van der Waals surface area (Å²) in [4.78, 5) is 12.6. The molecular formula is C10H17F2NO3. The summed E-state index contributed by atoms with van der Waals surface area (Å²) in [7, 11) is 0. The van der Waals surface area contributed by atoms with Gasteiger partial charge in [0.05, 0.1) is 18.6 Å². The summed E-state index contributed by atoms with van der Waals surface area (Å²) in [6, 6.07) is 0. The molecule has 1 amide bonds. The van der Waals surface area contributed by atoms with Crippen molar-refractivity contribution >= 4 is 6.09 Å². The predicted molar refractivity (Wildman–Crippen MR) is 53.3 cm³/mol. The van der Waals surface area contributed by atoms with Crippen LogP contribution in [-0.2, 0) is 4.74 Å². The Morgan fingerprint density at radius 1 is 1.44 bits per heavy atom. The number of ether oxygens (including phenoxy) is 1. The molecule has 1 N–H and O–H groups in total. The highest BCUT2D eigenvalue weighted by Gasteiger charge is 2.40. The van der Waals surface area contributed by atoms with Crippen molar-refractivity contribution in [1.29, 1.82) is 0 Å². The van der Waals surface area contributed by atoms with Crippen LogP contribution >= 0.6 is 0 Å². The molecule has 0 spiro atoms. The van der Waals surface area contributed by atoms with Gasteiger partial charge in [0.1, 0.15) is 5.60 Å². The number of alkyl halides is 2. The molecule has 2 atom stereocenters. The number of rotatable bonds is 1. The van der Waals surface area contributed by atoms with E-state index in [-0.39, 0.29) is 13.1 Å². The van der Waals surface area contributed by atoms with Gasteiger partial charge in [-0.15, -0.1) is 0 Å². The predicted octanol–water partition coefficient (Wildman–Crippen LogP) is 1.48. The number of carbonyl (C=O) groups excluding carboxylic acids is 1. The maximum absolute atomic E-state index is 12.4. The van der Waals surface area contributed by atoms with Gasteiger partial charge in [-0.1, -0.05) is 0 Å². The molecule has 0 aromatic carbocycles. The number of amides is 1. The third-order valence-corrected chi connectivity index (χ3v) is 2.31. The normalized spacial score (nSPS) is 26.3. The molecule has 1 saturated heterocycles. The number of halogens is 2. The van der Waals surface area contributed by atoms with Gasteiger partial charge in [-0.3, -0.25) is 0 Å². The van der Waals surface area contributed by atoms with Crippen LogP contribution in [0.2, 0.25) is 0 Å². The summed E-state index contributed by atoms with van der Waals surface area (Å²) < 4.78 is 29.9.